The topological polar surface area (TPSA) is 39.7 Å². The molecule has 5 heteroatoms. The number of nitrogens with zero attached hydrogens (tertiary/aromatic N) is 4. The van der Waals surface area contributed by atoms with Crippen LogP contribution in [0.5, 0.6) is 0 Å². The molecule has 2 saturated heterocycles. The molecule has 0 bridgehead atoms. The van der Waals surface area contributed by atoms with Gasteiger partial charge in [0.2, 0.25) is 5.91 Å². The van der Waals surface area contributed by atoms with Gasteiger partial charge in [0.05, 0.1) is 5.92 Å². The fourth-order valence-corrected chi connectivity index (χ4v) is 4.49. The number of likely N-dealkylation sites (tertiary alicyclic amines) is 2. The highest BCUT2D eigenvalue weighted by atomic mass is 16.2. The van der Waals surface area contributed by atoms with Crippen LogP contribution in [0.1, 0.15) is 44.6 Å². The summed E-state index contributed by atoms with van der Waals surface area (Å²) in [7, 11) is 1.96. The predicted octanol–water partition coefficient (Wildman–Crippen LogP) is 2.63. The Bertz CT molecular complexity index is 556. The molecule has 0 aromatic carbocycles. The van der Waals surface area contributed by atoms with Crippen LogP contribution < -0.4 is 0 Å². The van der Waals surface area contributed by atoms with E-state index in [9.17, 15) is 4.79 Å². The predicted molar refractivity (Wildman–Crippen MR) is 105 cm³/mol. The molecular weight excluding hydrogens is 324 g/mol. The van der Waals surface area contributed by atoms with Crippen LogP contribution in [0.3, 0.4) is 0 Å². The maximum atomic E-state index is 12.7. The molecule has 0 aliphatic carbocycles. The van der Waals surface area contributed by atoms with Gasteiger partial charge in [-0.15, -0.1) is 0 Å². The second-order valence-electron chi connectivity index (χ2n) is 7.96. The maximum Gasteiger partial charge on any atom is 0.226 e. The summed E-state index contributed by atoms with van der Waals surface area (Å²) in [4.78, 5) is 24.0. The van der Waals surface area contributed by atoms with Crippen molar-refractivity contribution in [2.24, 2.45) is 5.92 Å². The number of hydrogen-bond acceptors (Lipinski definition) is 4. The summed E-state index contributed by atoms with van der Waals surface area (Å²) in [6.45, 7) is 8.42. The third-order valence-corrected chi connectivity index (χ3v) is 5.94. The number of rotatable bonds is 6. The van der Waals surface area contributed by atoms with Gasteiger partial charge in [0.15, 0.2) is 0 Å². The summed E-state index contributed by atoms with van der Waals surface area (Å²) in [6.07, 6.45) is 9.49. The molecule has 0 saturated carbocycles. The van der Waals surface area contributed by atoms with E-state index in [-0.39, 0.29) is 5.92 Å². The Morgan fingerprint density at radius 1 is 1.27 bits per heavy atom. The first-order chi connectivity index (χ1) is 12.7. The minimum absolute atomic E-state index is 0.203. The lowest BCUT2D eigenvalue weighted by Gasteiger charge is -2.42. The Labute approximate surface area is 158 Å². The van der Waals surface area contributed by atoms with E-state index in [1.54, 1.807) is 0 Å². The molecule has 26 heavy (non-hydrogen) atoms. The van der Waals surface area contributed by atoms with E-state index in [0.29, 0.717) is 11.9 Å². The summed E-state index contributed by atoms with van der Waals surface area (Å²) in [5.41, 5.74) is 1.30. The second kappa shape index (κ2) is 9.47. The standard InChI is InChI=1S/C21H34N4O/c1-3-11-23(2)21(26)19-7-5-12-25(17-19)20-8-13-24(14-9-20)16-18-6-4-10-22-15-18/h4,6,10,15,19-20H,3,5,7-9,11-14,16-17H2,1-2H3. The van der Waals surface area contributed by atoms with Crippen molar-refractivity contribution in [1.29, 1.82) is 0 Å². The zero-order valence-corrected chi connectivity index (χ0v) is 16.4. The van der Waals surface area contributed by atoms with E-state index in [4.69, 9.17) is 0 Å². The van der Waals surface area contributed by atoms with E-state index < -0.39 is 0 Å². The molecule has 1 atom stereocenters. The first-order valence-electron chi connectivity index (χ1n) is 10.3. The summed E-state index contributed by atoms with van der Waals surface area (Å²) in [5.74, 6) is 0.555. The minimum Gasteiger partial charge on any atom is -0.345 e. The van der Waals surface area contributed by atoms with Gasteiger partial charge in [0.25, 0.3) is 0 Å². The highest BCUT2D eigenvalue weighted by Crippen LogP contribution is 2.25. The average Bonchev–Trinajstić information content (AvgIpc) is 2.69. The first kappa shape index (κ1) is 19.3. The van der Waals surface area contributed by atoms with Crippen LogP contribution in [0, 0.1) is 5.92 Å². The van der Waals surface area contributed by atoms with Gasteiger partial charge < -0.3 is 4.90 Å². The average molecular weight is 359 g/mol. The van der Waals surface area contributed by atoms with Crippen molar-refractivity contribution in [1.82, 2.24) is 19.7 Å². The lowest BCUT2D eigenvalue weighted by atomic mass is 9.93. The van der Waals surface area contributed by atoms with Gasteiger partial charge in [-0.25, -0.2) is 0 Å². The summed E-state index contributed by atoms with van der Waals surface area (Å²) < 4.78 is 0. The van der Waals surface area contributed by atoms with E-state index in [2.05, 4.69) is 27.8 Å². The fraction of sp³-hybridized carbons (Fsp3) is 0.714. The van der Waals surface area contributed by atoms with Crippen LogP contribution in [-0.4, -0.2) is 71.4 Å². The molecule has 2 fully saturated rings. The molecule has 0 radical (unpaired) electrons. The quantitative estimate of drug-likeness (QED) is 0.784. The Morgan fingerprint density at radius 3 is 2.77 bits per heavy atom. The second-order valence-corrected chi connectivity index (χ2v) is 7.96. The lowest BCUT2D eigenvalue weighted by Crippen LogP contribution is -2.50. The first-order valence-corrected chi connectivity index (χ1v) is 10.3. The number of carbonyl (C=O) groups is 1. The number of carbonyl (C=O) groups excluding carboxylic acids is 1. The van der Waals surface area contributed by atoms with Gasteiger partial charge in [-0.3, -0.25) is 19.6 Å². The third-order valence-electron chi connectivity index (χ3n) is 5.94. The summed E-state index contributed by atoms with van der Waals surface area (Å²) in [6, 6.07) is 4.82. The van der Waals surface area contributed by atoms with Crippen molar-refractivity contribution < 1.29 is 4.79 Å². The summed E-state index contributed by atoms with van der Waals surface area (Å²) in [5, 5.41) is 0. The largest absolute Gasteiger partial charge is 0.345 e. The molecule has 2 aliphatic heterocycles. The lowest BCUT2D eigenvalue weighted by molar-refractivity contribution is -0.136. The molecule has 5 nitrogen and oxygen atoms in total. The van der Waals surface area contributed by atoms with Crippen LogP contribution in [0.15, 0.2) is 24.5 Å². The molecule has 1 amide bonds. The number of aromatic nitrogens is 1. The van der Waals surface area contributed by atoms with Crippen LogP contribution >= 0.6 is 0 Å². The molecule has 1 unspecified atom stereocenters. The molecule has 2 aliphatic rings. The van der Waals surface area contributed by atoms with Crippen LogP contribution in [-0.2, 0) is 11.3 Å². The van der Waals surface area contributed by atoms with Gasteiger partial charge in [-0.1, -0.05) is 13.0 Å². The van der Waals surface area contributed by atoms with Gasteiger partial charge in [0.1, 0.15) is 0 Å². The number of amides is 1. The Balaban J connectivity index is 1.47. The highest BCUT2D eigenvalue weighted by Gasteiger charge is 2.32. The fourth-order valence-electron chi connectivity index (χ4n) is 4.49. The smallest absolute Gasteiger partial charge is 0.226 e. The SMILES string of the molecule is CCCN(C)C(=O)C1CCCN(C2CCN(Cc3cccnc3)CC2)C1. The van der Waals surface area contributed by atoms with Crippen molar-refractivity contribution in [3.8, 4) is 0 Å². The van der Waals surface area contributed by atoms with E-state index in [1.165, 1.54) is 18.4 Å². The van der Waals surface area contributed by atoms with Crippen LogP contribution in [0.4, 0.5) is 0 Å². The molecule has 1 aromatic rings. The van der Waals surface area contributed by atoms with Crippen molar-refractivity contribution in [2.75, 3.05) is 39.8 Å². The Kier molecular flexibility index (Phi) is 7.03. The molecule has 3 rings (SSSR count). The van der Waals surface area contributed by atoms with Crippen molar-refractivity contribution >= 4 is 5.91 Å². The number of hydrogen-bond donors (Lipinski definition) is 0. The summed E-state index contributed by atoms with van der Waals surface area (Å²) >= 11 is 0. The monoisotopic (exact) mass is 358 g/mol. The molecule has 0 N–H and O–H groups in total. The molecule has 144 valence electrons. The van der Waals surface area contributed by atoms with Crippen LogP contribution in [0.25, 0.3) is 0 Å². The van der Waals surface area contributed by atoms with Gasteiger partial charge >= 0.3 is 0 Å². The van der Waals surface area contributed by atoms with Gasteiger partial charge in [-0.05, 0) is 63.4 Å². The van der Waals surface area contributed by atoms with E-state index in [0.717, 1.165) is 58.5 Å². The van der Waals surface area contributed by atoms with E-state index >= 15 is 0 Å². The molecule has 0 spiro atoms. The Morgan fingerprint density at radius 2 is 2.08 bits per heavy atom. The maximum absolute atomic E-state index is 12.7. The van der Waals surface area contributed by atoms with Gasteiger partial charge in [0, 0.05) is 45.1 Å². The highest BCUT2D eigenvalue weighted by molar-refractivity contribution is 5.78. The van der Waals surface area contributed by atoms with E-state index in [1.807, 2.05) is 30.4 Å². The minimum atomic E-state index is 0.203. The van der Waals surface area contributed by atoms with Crippen molar-refractivity contribution in [2.45, 2.75) is 51.6 Å². The molecule has 1 aromatic heterocycles. The molecule has 3 heterocycles. The Hall–Kier alpha value is -1.46. The zero-order valence-electron chi connectivity index (χ0n) is 16.4. The number of pyridine rings is 1. The van der Waals surface area contributed by atoms with Crippen LogP contribution in [0.2, 0.25) is 0 Å². The normalized spacial score (nSPS) is 23.1. The molecular formula is C21H34N4O. The van der Waals surface area contributed by atoms with Crippen molar-refractivity contribution in [3.05, 3.63) is 30.1 Å². The zero-order chi connectivity index (χ0) is 18.4. The number of piperidine rings is 2. The van der Waals surface area contributed by atoms with Crippen molar-refractivity contribution in [3.63, 3.8) is 0 Å². The third kappa shape index (κ3) is 5.04. The van der Waals surface area contributed by atoms with Gasteiger partial charge in [-0.2, -0.15) is 0 Å².